The molecule has 0 aromatic carbocycles. The number of ether oxygens (including phenoxy) is 2. The number of allylic oxidation sites excluding steroid dienone is 2. The van der Waals surface area contributed by atoms with E-state index in [1.807, 2.05) is 4.90 Å². The fraction of sp³-hybridized carbons (Fsp3) is 0.533. The Morgan fingerprint density at radius 2 is 2.12 bits per heavy atom. The highest BCUT2D eigenvalue weighted by Crippen LogP contribution is 2.55. The predicted molar refractivity (Wildman–Crippen MR) is 80.1 cm³/mol. The van der Waals surface area contributed by atoms with Gasteiger partial charge in [-0.25, -0.2) is 4.79 Å². The average molecular weight is 334 g/mol. The molecule has 3 heterocycles. The summed E-state index contributed by atoms with van der Waals surface area (Å²) in [4.78, 5) is 38.4. The molecule has 4 rings (SSSR count). The Morgan fingerprint density at radius 3 is 2.75 bits per heavy atom. The summed E-state index contributed by atoms with van der Waals surface area (Å²) in [6.07, 6.45) is -0.950. The van der Waals surface area contributed by atoms with E-state index in [9.17, 15) is 14.4 Å². The maximum absolute atomic E-state index is 12.8. The highest BCUT2D eigenvalue weighted by atomic mass is 16.6. The van der Waals surface area contributed by atoms with E-state index in [0.29, 0.717) is 12.2 Å². The Morgan fingerprint density at radius 1 is 1.42 bits per heavy atom. The lowest BCUT2D eigenvalue weighted by molar-refractivity contribution is -0.137. The number of methoxy groups -OCH3 is 1. The van der Waals surface area contributed by atoms with Crippen molar-refractivity contribution >= 4 is 17.7 Å². The Bertz CT molecular complexity index is 757. The Labute approximate surface area is 137 Å². The number of amides is 1. The SMILES string of the molecule is COC12C3NC3CN1C1=C(C(=O)C(N)=C(C)C1=O)[C@H]2COC(N)=O. The molecule has 0 radical (unpaired) electrons. The molecule has 3 aliphatic heterocycles. The number of rotatable bonds is 3. The summed E-state index contributed by atoms with van der Waals surface area (Å²) >= 11 is 0. The van der Waals surface area contributed by atoms with Crippen LogP contribution in [0.25, 0.3) is 0 Å². The smallest absolute Gasteiger partial charge is 0.404 e. The molecule has 2 saturated heterocycles. The summed E-state index contributed by atoms with van der Waals surface area (Å²) in [6.45, 7) is 1.92. The molecule has 9 nitrogen and oxygen atoms in total. The summed E-state index contributed by atoms with van der Waals surface area (Å²) in [6, 6.07) is 0.109. The summed E-state index contributed by atoms with van der Waals surface area (Å²) in [7, 11) is 1.52. The Kier molecular flexibility index (Phi) is 2.89. The second-order valence-electron chi connectivity index (χ2n) is 6.46. The molecule has 0 aromatic heterocycles. The number of nitrogens with zero attached hydrogens (tertiary/aromatic N) is 1. The van der Waals surface area contributed by atoms with E-state index in [1.54, 1.807) is 0 Å². The molecule has 4 aliphatic rings. The van der Waals surface area contributed by atoms with Crippen molar-refractivity contribution in [3.8, 4) is 0 Å². The predicted octanol–water partition coefficient (Wildman–Crippen LogP) is -1.65. The van der Waals surface area contributed by atoms with Gasteiger partial charge in [-0.2, -0.15) is 0 Å². The van der Waals surface area contributed by atoms with Crippen molar-refractivity contribution < 1.29 is 23.9 Å². The number of nitrogens with two attached hydrogens (primary N) is 2. The molecule has 2 fully saturated rings. The summed E-state index contributed by atoms with van der Waals surface area (Å²) in [5.41, 5.74) is 10.7. The number of fused-ring (bicyclic) bond motifs is 4. The lowest BCUT2D eigenvalue weighted by Gasteiger charge is -2.39. The van der Waals surface area contributed by atoms with Crippen molar-refractivity contribution in [3.05, 3.63) is 22.5 Å². The van der Waals surface area contributed by atoms with E-state index in [0.717, 1.165) is 0 Å². The number of primary amides is 1. The molecule has 0 aromatic rings. The van der Waals surface area contributed by atoms with E-state index in [1.165, 1.54) is 14.0 Å². The van der Waals surface area contributed by atoms with Gasteiger partial charge in [0.25, 0.3) is 0 Å². The van der Waals surface area contributed by atoms with Crippen molar-refractivity contribution in [1.29, 1.82) is 0 Å². The molecule has 1 aliphatic carbocycles. The van der Waals surface area contributed by atoms with Gasteiger partial charge in [-0.05, 0) is 6.92 Å². The van der Waals surface area contributed by atoms with E-state index < -0.39 is 23.5 Å². The van der Waals surface area contributed by atoms with Crippen molar-refractivity contribution in [2.75, 3.05) is 20.3 Å². The van der Waals surface area contributed by atoms with E-state index in [-0.39, 0.29) is 41.3 Å². The highest BCUT2D eigenvalue weighted by Gasteiger charge is 2.72. The summed E-state index contributed by atoms with van der Waals surface area (Å²) < 4.78 is 10.8. The minimum absolute atomic E-state index is 0.0586. The van der Waals surface area contributed by atoms with Gasteiger partial charge in [-0.1, -0.05) is 0 Å². The quantitative estimate of drug-likeness (QED) is 0.411. The van der Waals surface area contributed by atoms with Crippen molar-refractivity contribution in [2.24, 2.45) is 17.4 Å². The molecule has 5 N–H and O–H groups in total. The standard InChI is InChI=1S/C15H18N4O5/c1-5-9(16)12(21)8-6(4-24-14(17)22)15(23-2)13-7(18-13)3-19(15)10(8)11(5)20/h6-7,13,18H,3-4,16H2,1-2H3,(H2,17,22)/t6-,7?,13?,15?/m1/s1. The lowest BCUT2D eigenvalue weighted by Crippen LogP contribution is -2.55. The third kappa shape index (κ3) is 1.58. The van der Waals surface area contributed by atoms with Gasteiger partial charge < -0.3 is 31.2 Å². The zero-order chi connectivity index (χ0) is 17.4. The number of nitrogens with one attached hydrogen (secondary N) is 1. The van der Waals surface area contributed by atoms with E-state index >= 15 is 0 Å². The van der Waals surface area contributed by atoms with Crippen LogP contribution in [-0.4, -0.2) is 60.6 Å². The highest BCUT2D eigenvalue weighted by molar-refractivity contribution is 6.25. The van der Waals surface area contributed by atoms with Gasteiger partial charge in [0.2, 0.25) is 11.6 Å². The molecule has 9 heteroatoms. The van der Waals surface area contributed by atoms with Crippen molar-refractivity contribution in [1.82, 2.24) is 10.2 Å². The van der Waals surface area contributed by atoms with E-state index in [2.05, 4.69) is 5.32 Å². The third-order valence-corrected chi connectivity index (χ3v) is 5.47. The van der Waals surface area contributed by atoms with Crippen molar-refractivity contribution in [3.63, 3.8) is 0 Å². The number of carbonyl (C=O) groups is 3. The Balaban J connectivity index is 1.85. The number of hydrogen-bond donors (Lipinski definition) is 3. The number of piperazine rings is 1. The first-order valence-corrected chi connectivity index (χ1v) is 7.65. The Hall–Kier alpha value is -2.39. The minimum Gasteiger partial charge on any atom is -0.449 e. The van der Waals surface area contributed by atoms with Crippen LogP contribution in [0.15, 0.2) is 22.5 Å². The summed E-state index contributed by atoms with van der Waals surface area (Å²) in [5, 5.41) is 3.28. The first kappa shape index (κ1) is 15.2. The molecule has 1 amide bonds. The molecular formula is C15H18N4O5. The molecule has 0 bridgehead atoms. The van der Waals surface area contributed by atoms with Crippen LogP contribution in [0.4, 0.5) is 4.79 Å². The van der Waals surface area contributed by atoms with E-state index in [4.69, 9.17) is 20.9 Å². The first-order valence-electron chi connectivity index (χ1n) is 7.65. The van der Waals surface area contributed by atoms with Crippen LogP contribution in [0.1, 0.15) is 6.92 Å². The topological polar surface area (TPSA) is 147 Å². The summed E-state index contributed by atoms with van der Waals surface area (Å²) in [5.74, 6) is -1.34. The van der Waals surface area contributed by atoms with Gasteiger partial charge in [-0.15, -0.1) is 0 Å². The normalized spacial score (nSPS) is 36.8. The van der Waals surface area contributed by atoms with Gasteiger partial charge in [-0.3, -0.25) is 9.59 Å². The number of carbonyl (C=O) groups excluding carboxylic acids is 3. The monoisotopic (exact) mass is 334 g/mol. The van der Waals surface area contributed by atoms with Crippen LogP contribution in [0.5, 0.6) is 0 Å². The fourth-order valence-corrected chi connectivity index (χ4v) is 4.31. The number of ketones is 2. The molecular weight excluding hydrogens is 316 g/mol. The van der Waals surface area contributed by atoms with Crippen molar-refractivity contribution in [2.45, 2.75) is 24.7 Å². The van der Waals surface area contributed by atoms with Crippen LogP contribution in [0.3, 0.4) is 0 Å². The minimum atomic E-state index is -0.957. The molecule has 3 unspecified atom stereocenters. The molecule has 4 atom stereocenters. The molecule has 0 spiro atoms. The fourth-order valence-electron chi connectivity index (χ4n) is 4.31. The van der Waals surface area contributed by atoms with Gasteiger partial charge in [0.05, 0.1) is 23.4 Å². The molecule has 24 heavy (non-hydrogen) atoms. The number of hydrogen-bond acceptors (Lipinski definition) is 8. The number of Topliss-reactive ketones (excluding diaryl/α,β-unsaturated/α-hetero) is 2. The zero-order valence-electron chi connectivity index (χ0n) is 13.3. The second-order valence-corrected chi connectivity index (χ2v) is 6.46. The molecule has 128 valence electrons. The van der Waals surface area contributed by atoms with Crippen LogP contribution >= 0.6 is 0 Å². The largest absolute Gasteiger partial charge is 0.449 e. The van der Waals surface area contributed by atoms with Crippen LogP contribution in [0, 0.1) is 5.92 Å². The van der Waals surface area contributed by atoms with Gasteiger partial charge in [0.15, 0.2) is 5.72 Å². The van der Waals surface area contributed by atoms with Gasteiger partial charge >= 0.3 is 6.09 Å². The maximum atomic E-state index is 12.8. The molecule has 0 saturated carbocycles. The van der Waals surface area contributed by atoms with Gasteiger partial charge in [0, 0.05) is 30.8 Å². The lowest BCUT2D eigenvalue weighted by atomic mass is 9.82. The van der Waals surface area contributed by atoms with Gasteiger partial charge in [0.1, 0.15) is 6.61 Å². The first-order chi connectivity index (χ1) is 11.3. The van der Waals surface area contributed by atoms with Crippen LogP contribution < -0.4 is 16.8 Å². The average Bonchev–Trinajstić information content (AvgIpc) is 3.16. The second kappa shape index (κ2) is 4.58. The maximum Gasteiger partial charge on any atom is 0.404 e. The van der Waals surface area contributed by atoms with Crippen LogP contribution in [-0.2, 0) is 19.1 Å². The van der Waals surface area contributed by atoms with Crippen LogP contribution in [0.2, 0.25) is 0 Å². The zero-order valence-corrected chi connectivity index (χ0v) is 13.3. The third-order valence-electron chi connectivity index (χ3n) is 5.47.